The molecule has 0 bridgehead atoms. The van der Waals surface area contributed by atoms with Crippen molar-refractivity contribution >= 4 is 35.1 Å². The molecule has 8 nitrogen and oxygen atoms in total. The highest BCUT2D eigenvalue weighted by Gasteiger charge is 2.18. The number of anilines is 1. The number of nitrogens with one attached hydrogen (secondary N) is 1. The maximum atomic E-state index is 12.4. The maximum Gasteiger partial charge on any atom is 0.338 e. The monoisotopic (exact) mass is 476 g/mol. The predicted octanol–water partition coefficient (Wildman–Crippen LogP) is 4.03. The number of para-hydroxylation sites is 1. The van der Waals surface area contributed by atoms with E-state index in [0.717, 1.165) is 11.3 Å². The number of likely N-dealkylation sites (N-methyl/N-ethyl adjacent to an activating group) is 1. The minimum absolute atomic E-state index is 0.218. The van der Waals surface area contributed by atoms with Crippen LogP contribution in [0.3, 0.4) is 0 Å². The van der Waals surface area contributed by atoms with Crippen LogP contribution < -0.4 is 14.8 Å². The van der Waals surface area contributed by atoms with Crippen molar-refractivity contribution in [3.8, 4) is 11.5 Å². The van der Waals surface area contributed by atoms with Crippen LogP contribution in [0.4, 0.5) is 5.69 Å². The number of rotatable bonds is 11. The van der Waals surface area contributed by atoms with Crippen LogP contribution in [0.5, 0.6) is 11.5 Å². The maximum absolute atomic E-state index is 12.4. The molecule has 9 heteroatoms. The van der Waals surface area contributed by atoms with Crippen LogP contribution >= 0.6 is 11.6 Å². The van der Waals surface area contributed by atoms with E-state index in [0.29, 0.717) is 34.7 Å². The van der Waals surface area contributed by atoms with E-state index in [1.165, 1.54) is 20.2 Å². The Morgan fingerprint density at radius 2 is 1.82 bits per heavy atom. The second-order valence-electron chi connectivity index (χ2n) is 7.75. The van der Waals surface area contributed by atoms with Gasteiger partial charge in [0.05, 0.1) is 36.5 Å². The first kappa shape index (κ1) is 26.0. The van der Waals surface area contributed by atoms with Crippen molar-refractivity contribution in [2.45, 2.75) is 20.3 Å². The third kappa shape index (κ3) is 8.31. The average Bonchev–Trinajstić information content (AvgIpc) is 2.78. The first-order valence-corrected chi connectivity index (χ1v) is 10.8. The summed E-state index contributed by atoms with van der Waals surface area (Å²) in [4.78, 5) is 38.0. The van der Waals surface area contributed by atoms with Crippen LogP contribution in [0, 0.1) is 5.92 Å². The lowest BCUT2D eigenvalue weighted by Gasteiger charge is -2.17. The van der Waals surface area contributed by atoms with Crippen LogP contribution in [0.15, 0.2) is 42.5 Å². The highest BCUT2D eigenvalue weighted by molar-refractivity contribution is 6.33. The van der Waals surface area contributed by atoms with Crippen molar-refractivity contribution in [2.24, 2.45) is 5.92 Å². The third-order valence-electron chi connectivity index (χ3n) is 4.63. The molecule has 2 aromatic carbocycles. The summed E-state index contributed by atoms with van der Waals surface area (Å²) in [5.41, 5.74) is 0.664. The SMILES string of the molecule is COc1cc(C(=O)OCC(=O)N(C)CC(=O)Nc2ccccc2Cl)ccc1OCCC(C)C. The van der Waals surface area contributed by atoms with Gasteiger partial charge in [0.2, 0.25) is 5.91 Å². The normalized spacial score (nSPS) is 10.5. The summed E-state index contributed by atoms with van der Waals surface area (Å²) in [6.45, 7) is 4.00. The molecule has 0 unspecified atom stereocenters. The number of halogens is 1. The zero-order valence-electron chi connectivity index (χ0n) is 19.2. The van der Waals surface area contributed by atoms with E-state index in [4.69, 9.17) is 25.8 Å². The third-order valence-corrected chi connectivity index (χ3v) is 4.96. The molecule has 0 spiro atoms. The number of hydrogen-bond donors (Lipinski definition) is 1. The fourth-order valence-electron chi connectivity index (χ4n) is 2.70. The summed E-state index contributed by atoms with van der Waals surface area (Å²) < 4.78 is 16.1. The van der Waals surface area contributed by atoms with E-state index in [1.54, 1.807) is 36.4 Å². The van der Waals surface area contributed by atoms with Crippen molar-refractivity contribution in [2.75, 3.05) is 39.2 Å². The molecule has 0 aliphatic heterocycles. The van der Waals surface area contributed by atoms with Gasteiger partial charge in [0.1, 0.15) is 0 Å². The van der Waals surface area contributed by atoms with Gasteiger partial charge >= 0.3 is 5.97 Å². The number of hydrogen-bond acceptors (Lipinski definition) is 6. The van der Waals surface area contributed by atoms with Gasteiger partial charge in [-0.2, -0.15) is 0 Å². The molecule has 0 atom stereocenters. The molecule has 33 heavy (non-hydrogen) atoms. The summed E-state index contributed by atoms with van der Waals surface area (Å²) in [5, 5.41) is 3.02. The summed E-state index contributed by atoms with van der Waals surface area (Å²) in [6.07, 6.45) is 0.888. The zero-order valence-corrected chi connectivity index (χ0v) is 20.0. The van der Waals surface area contributed by atoms with Crippen molar-refractivity contribution in [1.82, 2.24) is 4.90 Å². The molecule has 0 aliphatic carbocycles. The molecule has 2 aromatic rings. The Hall–Kier alpha value is -3.26. The quantitative estimate of drug-likeness (QED) is 0.492. The number of nitrogens with zero attached hydrogens (tertiary/aromatic N) is 1. The Balaban J connectivity index is 1.86. The number of amides is 2. The first-order valence-electron chi connectivity index (χ1n) is 10.5. The molecule has 2 amide bonds. The highest BCUT2D eigenvalue weighted by Crippen LogP contribution is 2.28. The minimum atomic E-state index is -0.690. The topological polar surface area (TPSA) is 94.2 Å². The van der Waals surface area contributed by atoms with Crippen LogP contribution in [0.25, 0.3) is 0 Å². The zero-order chi connectivity index (χ0) is 24.4. The van der Waals surface area contributed by atoms with Crippen molar-refractivity contribution in [1.29, 1.82) is 0 Å². The number of ether oxygens (including phenoxy) is 3. The van der Waals surface area contributed by atoms with E-state index in [1.807, 2.05) is 0 Å². The molecule has 2 rings (SSSR count). The number of benzene rings is 2. The molecule has 0 saturated carbocycles. The van der Waals surface area contributed by atoms with Gasteiger partial charge in [-0.05, 0) is 42.7 Å². The fraction of sp³-hybridized carbons (Fsp3) is 0.375. The van der Waals surface area contributed by atoms with Gasteiger partial charge in [-0.15, -0.1) is 0 Å². The first-order chi connectivity index (χ1) is 15.7. The van der Waals surface area contributed by atoms with Crippen molar-refractivity contribution in [3.05, 3.63) is 53.1 Å². The standard InChI is InChI=1S/C24H29ClN2O6/c1-16(2)11-12-32-20-10-9-17(13-21(20)31-4)24(30)33-15-23(29)27(3)14-22(28)26-19-8-6-5-7-18(19)25/h5-10,13,16H,11-12,14-15H2,1-4H3,(H,26,28). The second-order valence-corrected chi connectivity index (χ2v) is 8.16. The van der Waals surface area contributed by atoms with E-state index < -0.39 is 24.4 Å². The van der Waals surface area contributed by atoms with E-state index in [2.05, 4.69) is 19.2 Å². The Bertz CT molecular complexity index is 979. The summed E-state index contributed by atoms with van der Waals surface area (Å²) in [7, 11) is 2.92. The van der Waals surface area contributed by atoms with Gasteiger partial charge < -0.3 is 24.4 Å². The molecular formula is C24H29ClN2O6. The van der Waals surface area contributed by atoms with Crippen LogP contribution in [-0.4, -0.2) is 56.6 Å². The summed E-state index contributed by atoms with van der Waals surface area (Å²) in [5.74, 6) is -0.225. The lowest BCUT2D eigenvalue weighted by atomic mass is 10.1. The van der Waals surface area contributed by atoms with E-state index >= 15 is 0 Å². The highest BCUT2D eigenvalue weighted by atomic mass is 35.5. The van der Waals surface area contributed by atoms with Crippen molar-refractivity contribution < 1.29 is 28.6 Å². The van der Waals surface area contributed by atoms with Gasteiger partial charge in [-0.1, -0.05) is 37.6 Å². The molecule has 0 heterocycles. The summed E-state index contributed by atoms with van der Waals surface area (Å²) in [6, 6.07) is 11.4. The minimum Gasteiger partial charge on any atom is -0.493 e. The fourth-order valence-corrected chi connectivity index (χ4v) is 2.88. The predicted molar refractivity (Wildman–Crippen MR) is 126 cm³/mol. The molecule has 0 aromatic heterocycles. The number of esters is 1. The van der Waals surface area contributed by atoms with Crippen LogP contribution in [-0.2, 0) is 14.3 Å². The van der Waals surface area contributed by atoms with Gasteiger partial charge in [-0.25, -0.2) is 4.79 Å². The lowest BCUT2D eigenvalue weighted by molar-refractivity contribution is -0.136. The smallest absolute Gasteiger partial charge is 0.338 e. The van der Waals surface area contributed by atoms with E-state index in [9.17, 15) is 14.4 Å². The van der Waals surface area contributed by atoms with Crippen LogP contribution in [0.2, 0.25) is 5.02 Å². The molecule has 0 radical (unpaired) electrons. The Labute approximate surface area is 198 Å². The summed E-state index contributed by atoms with van der Waals surface area (Å²) >= 11 is 6.01. The Kier molecular flexibility index (Phi) is 10.00. The van der Waals surface area contributed by atoms with Crippen molar-refractivity contribution in [3.63, 3.8) is 0 Å². The molecule has 0 saturated heterocycles. The molecule has 0 fully saturated rings. The largest absolute Gasteiger partial charge is 0.493 e. The van der Waals surface area contributed by atoms with E-state index in [-0.39, 0.29) is 12.1 Å². The molecule has 0 aliphatic rings. The van der Waals surface area contributed by atoms with Gasteiger partial charge in [0.15, 0.2) is 18.1 Å². The Morgan fingerprint density at radius 1 is 1.09 bits per heavy atom. The van der Waals surface area contributed by atoms with Crippen LogP contribution in [0.1, 0.15) is 30.6 Å². The lowest BCUT2D eigenvalue weighted by Crippen LogP contribution is -2.37. The number of carbonyl (C=O) groups is 3. The molecule has 1 N–H and O–H groups in total. The number of carbonyl (C=O) groups excluding carboxylic acids is 3. The second kappa shape index (κ2) is 12.7. The van der Waals surface area contributed by atoms with Gasteiger partial charge in [0, 0.05) is 7.05 Å². The van der Waals surface area contributed by atoms with Gasteiger partial charge in [-0.3, -0.25) is 9.59 Å². The Morgan fingerprint density at radius 3 is 2.48 bits per heavy atom. The molecular weight excluding hydrogens is 448 g/mol. The molecule has 178 valence electrons. The van der Waals surface area contributed by atoms with Gasteiger partial charge in [0.25, 0.3) is 5.91 Å². The number of methoxy groups -OCH3 is 1. The average molecular weight is 477 g/mol.